The minimum atomic E-state index is -0.384. The SMILES string of the molecule is O=C(NCc1cc(Br)ccc1F)c1cccc(NC(=O)c2cccs2)c1. The number of amides is 2. The topological polar surface area (TPSA) is 58.2 Å². The molecule has 0 aliphatic rings. The summed E-state index contributed by atoms with van der Waals surface area (Å²) in [5.74, 6) is -0.962. The molecule has 0 saturated carbocycles. The molecule has 3 rings (SSSR count). The van der Waals surface area contributed by atoms with Gasteiger partial charge >= 0.3 is 0 Å². The van der Waals surface area contributed by atoms with Crippen molar-refractivity contribution in [1.82, 2.24) is 5.32 Å². The van der Waals surface area contributed by atoms with E-state index in [0.29, 0.717) is 21.7 Å². The Balaban J connectivity index is 1.66. The van der Waals surface area contributed by atoms with E-state index in [4.69, 9.17) is 0 Å². The first-order valence-corrected chi connectivity index (χ1v) is 9.37. The number of rotatable bonds is 5. The van der Waals surface area contributed by atoms with Crippen LogP contribution in [0.4, 0.5) is 10.1 Å². The zero-order valence-corrected chi connectivity index (χ0v) is 15.9. The van der Waals surface area contributed by atoms with Crippen molar-refractivity contribution in [2.45, 2.75) is 6.54 Å². The fraction of sp³-hybridized carbons (Fsp3) is 0.0526. The maximum Gasteiger partial charge on any atom is 0.265 e. The van der Waals surface area contributed by atoms with E-state index in [-0.39, 0.29) is 24.2 Å². The van der Waals surface area contributed by atoms with Crippen molar-refractivity contribution in [3.63, 3.8) is 0 Å². The molecule has 132 valence electrons. The molecule has 2 amide bonds. The minimum Gasteiger partial charge on any atom is -0.348 e. The first-order valence-electron chi connectivity index (χ1n) is 7.70. The average Bonchev–Trinajstić information content (AvgIpc) is 3.17. The van der Waals surface area contributed by atoms with Gasteiger partial charge in [-0.3, -0.25) is 9.59 Å². The molecule has 0 fully saturated rings. The standard InChI is InChI=1S/C19H14BrFN2O2S/c20-14-6-7-16(21)13(9-14)11-22-18(24)12-3-1-4-15(10-12)23-19(25)17-5-2-8-26-17/h1-10H,11H2,(H,22,24)(H,23,25). The molecule has 4 nitrogen and oxygen atoms in total. The Bertz CT molecular complexity index is 944. The largest absolute Gasteiger partial charge is 0.348 e. The lowest BCUT2D eigenvalue weighted by Gasteiger charge is -2.09. The third kappa shape index (κ3) is 4.56. The van der Waals surface area contributed by atoms with E-state index in [0.717, 1.165) is 4.47 Å². The number of benzene rings is 2. The molecule has 1 heterocycles. The average molecular weight is 433 g/mol. The number of carbonyl (C=O) groups is 2. The number of hydrogen-bond donors (Lipinski definition) is 2. The molecular weight excluding hydrogens is 419 g/mol. The van der Waals surface area contributed by atoms with Gasteiger partial charge in [0.1, 0.15) is 5.82 Å². The number of anilines is 1. The van der Waals surface area contributed by atoms with Gasteiger partial charge in [0.05, 0.1) is 4.88 Å². The molecule has 2 N–H and O–H groups in total. The second kappa shape index (κ2) is 8.25. The van der Waals surface area contributed by atoms with Crippen LogP contribution >= 0.6 is 27.3 Å². The summed E-state index contributed by atoms with van der Waals surface area (Å²) < 4.78 is 14.5. The highest BCUT2D eigenvalue weighted by molar-refractivity contribution is 9.10. The highest BCUT2D eigenvalue weighted by Gasteiger charge is 2.11. The molecule has 26 heavy (non-hydrogen) atoms. The molecule has 7 heteroatoms. The minimum absolute atomic E-state index is 0.0654. The van der Waals surface area contributed by atoms with E-state index >= 15 is 0 Å². The lowest BCUT2D eigenvalue weighted by molar-refractivity contribution is 0.0949. The summed E-state index contributed by atoms with van der Waals surface area (Å²) in [6, 6.07) is 14.7. The third-order valence-corrected chi connectivity index (χ3v) is 4.94. The number of hydrogen-bond acceptors (Lipinski definition) is 3. The summed E-state index contributed by atoms with van der Waals surface area (Å²) in [6.07, 6.45) is 0. The van der Waals surface area contributed by atoms with Crippen molar-refractivity contribution in [3.05, 3.63) is 86.3 Å². The molecular formula is C19H14BrFN2O2S. The Kier molecular flexibility index (Phi) is 5.80. The van der Waals surface area contributed by atoms with Crippen LogP contribution in [0.15, 0.2) is 64.5 Å². The van der Waals surface area contributed by atoms with Gasteiger partial charge < -0.3 is 10.6 Å². The smallest absolute Gasteiger partial charge is 0.265 e. The van der Waals surface area contributed by atoms with Crippen LogP contribution in [-0.4, -0.2) is 11.8 Å². The van der Waals surface area contributed by atoms with E-state index in [1.165, 1.54) is 17.4 Å². The normalized spacial score (nSPS) is 10.4. The van der Waals surface area contributed by atoms with E-state index in [1.807, 2.05) is 5.38 Å². The first-order chi connectivity index (χ1) is 12.5. The fourth-order valence-corrected chi connectivity index (χ4v) is 3.32. The second-order valence-corrected chi connectivity index (χ2v) is 7.29. The first kappa shape index (κ1) is 18.3. The predicted octanol–water partition coefficient (Wildman–Crippen LogP) is 4.83. The molecule has 0 unspecified atom stereocenters. The molecule has 0 aliphatic heterocycles. The van der Waals surface area contributed by atoms with Gasteiger partial charge in [-0.25, -0.2) is 4.39 Å². The number of nitrogens with one attached hydrogen (secondary N) is 2. The molecule has 0 spiro atoms. The van der Waals surface area contributed by atoms with Crippen LogP contribution in [0.5, 0.6) is 0 Å². The maximum absolute atomic E-state index is 13.7. The van der Waals surface area contributed by atoms with Crippen molar-refractivity contribution in [3.8, 4) is 0 Å². The molecule has 3 aromatic rings. The van der Waals surface area contributed by atoms with Gasteiger partial charge in [0.2, 0.25) is 0 Å². The molecule has 0 aliphatic carbocycles. The van der Waals surface area contributed by atoms with Gasteiger partial charge in [-0.15, -0.1) is 11.3 Å². The van der Waals surface area contributed by atoms with Crippen molar-refractivity contribution in [1.29, 1.82) is 0 Å². The monoisotopic (exact) mass is 432 g/mol. The van der Waals surface area contributed by atoms with Gasteiger partial charge in [-0.05, 0) is 47.8 Å². The van der Waals surface area contributed by atoms with E-state index in [1.54, 1.807) is 48.5 Å². The lowest BCUT2D eigenvalue weighted by atomic mass is 10.1. The lowest BCUT2D eigenvalue weighted by Crippen LogP contribution is -2.23. The third-order valence-electron chi connectivity index (χ3n) is 3.57. The number of thiophene rings is 1. The molecule has 0 radical (unpaired) electrons. The second-order valence-electron chi connectivity index (χ2n) is 5.43. The summed E-state index contributed by atoms with van der Waals surface area (Å²) in [4.78, 5) is 25.0. The Morgan fingerprint density at radius 2 is 1.88 bits per heavy atom. The van der Waals surface area contributed by atoms with E-state index in [2.05, 4.69) is 26.6 Å². The summed E-state index contributed by atoms with van der Waals surface area (Å²) >= 11 is 4.62. The zero-order valence-electron chi connectivity index (χ0n) is 13.5. The van der Waals surface area contributed by atoms with Gasteiger partial charge in [0.15, 0.2) is 0 Å². The fourth-order valence-electron chi connectivity index (χ4n) is 2.29. The van der Waals surface area contributed by atoms with Crippen LogP contribution in [0.25, 0.3) is 0 Å². The van der Waals surface area contributed by atoms with Crippen molar-refractivity contribution < 1.29 is 14.0 Å². The molecule has 2 aromatic carbocycles. The quantitative estimate of drug-likeness (QED) is 0.606. The van der Waals surface area contributed by atoms with Gasteiger partial charge in [0, 0.05) is 27.8 Å². The number of halogens is 2. The van der Waals surface area contributed by atoms with E-state index < -0.39 is 0 Å². The van der Waals surface area contributed by atoms with E-state index in [9.17, 15) is 14.0 Å². The van der Waals surface area contributed by atoms with Crippen LogP contribution in [0, 0.1) is 5.82 Å². The van der Waals surface area contributed by atoms with Gasteiger partial charge in [-0.2, -0.15) is 0 Å². The Morgan fingerprint density at radius 1 is 1.04 bits per heavy atom. The van der Waals surface area contributed by atoms with Crippen LogP contribution in [-0.2, 0) is 6.54 Å². The van der Waals surface area contributed by atoms with Gasteiger partial charge in [-0.1, -0.05) is 28.1 Å². The van der Waals surface area contributed by atoms with Crippen molar-refractivity contribution >= 4 is 44.8 Å². The van der Waals surface area contributed by atoms with Crippen LogP contribution in [0.3, 0.4) is 0 Å². The summed E-state index contributed by atoms with van der Waals surface area (Å²) in [6.45, 7) is 0.0654. The highest BCUT2D eigenvalue weighted by Crippen LogP contribution is 2.17. The summed E-state index contributed by atoms with van der Waals surface area (Å²) in [7, 11) is 0. The van der Waals surface area contributed by atoms with Crippen LogP contribution in [0.1, 0.15) is 25.6 Å². The van der Waals surface area contributed by atoms with Crippen LogP contribution in [0.2, 0.25) is 0 Å². The number of carbonyl (C=O) groups excluding carboxylic acids is 2. The van der Waals surface area contributed by atoms with Gasteiger partial charge in [0.25, 0.3) is 11.8 Å². The molecule has 1 aromatic heterocycles. The molecule has 0 saturated heterocycles. The maximum atomic E-state index is 13.7. The molecule has 0 atom stereocenters. The summed E-state index contributed by atoms with van der Waals surface area (Å²) in [5.41, 5.74) is 1.28. The van der Waals surface area contributed by atoms with Crippen molar-refractivity contribution in [2.75, 3.05) is 5.32 Å². The van der Waals surface area contributed by atoms with Crippen LogP contribution < -0.4 is 10.6 Å². The Hall–Kier alpha value is -2.51. The summed E-state index contributed by atoms with van der Waals surface area (Å²) in [5, 5.41) is 7.26. The predicted molar refractivity (Wildman–Crippen MR) is 104 cm³/mol. The zero-order chi connectivity index (χ0) is 18.5. The van der Waals surface area contributed by atoms with Crippen molar-refractivity contribution in [2.24, 2.45) is 0 Å². The Labute approximate surface area is 162 Å². The Morgan fingerprint density at radius 3 is 2.65 bits per heavy atom. The highest BCUT2D eigenvalue weighted by atomic mass is 79.9. The molecule has 0 bridgehead atoms.